The van der Waals surface area contributed by atoms with Gasteiger partial charge >= 0.3 is 0 Å². The third-order valence-electron chi connectivity index (χ3n) is 6.71. The summed E-state index contributed by atoms with van der Waals surface area (Å²) in [4.78, 5) is 21.5. The Morgan fingerprint density at radius 3 is 2.68 bits per heavy atom. The number of hydrogen-bond donors (Lipinski definition) is 0. The van der Waals surface area contributed by atoms with Crippen LogP contribution in [0, 0.1) is 17.1 Å². The summed E-state index contributed by atoms with van der Waals surface area (Å²) in [6, 6.07) is 6.92. The van der Waals surface area contributed by atoms with Crippen LogP contribution < -0.4 is 10.5 Å². The van der Waals surface area contributed by atoms with Crippen LogP contribution in [0.5, 0.6) is 0 Å². The molecule has 1 aromatic carbocycles. The summed E-state index contributed by atoms with van der Waals surface area (Å²) in [6.45, 7) is 5.63. The lowest BCUT2D eigenvalue weighted by Crippen LogP contribution is -2.54. The quantitative estimate of drug-likeness (QED) is 0.545. The van der Waals surface area contributed by atoms with Crippen LogP contribution in [0.4, 0.5) is 18.9 Å². The van der Waals surface area contributed by atoms with Crippen molar-refractivity contribution in [2.45, 2.75) is 45.2 Å². The maximum atomic E-state index is 13.6. The molecule has 1 fully saturated rings. The largest absolute Gasteiger partial charge is 0.363 e. The molecule has 7 nitrogen and oxygen atoms in total. The Labute approximate surface area is 195 Å². The smallest absolute Gasteiger partial charge is 0.267 e. The minimum absolute atomic E-state index is 0.0127. The van der Waals surface area contributed by atoms with Crippen LogP contribution in [-0.2, 0) is 13.5 Å². The molecule has 0 aliphatic carbocycles. The zero-order chi connectivity index (χ0) is 24.6. The lowest BCUT2D eigenvalue weighted by Gasteiger charge is -2.45. The molecule has 1 aliphatic rings. The zero-order valence-corrected chi connectivity index (χ0v) is 19.4. The minimum atomic E-state index is -2.76. The first-order valence-electron chi connectivity index (χ1n) is 11.3. The monoisotopic (exact) mass is 472 g/mol. The number of aromatic nitrogens is 3. The molecular formula is C24H27F3N6O. The molecule has 0 bridgehead atoms. The number of nitrogens with zero attached hydrogens (tertiary/aromatic N) is 6. The summed E-state index contributed by atoms with van der Waals surface area (Å²) < 4.78 is 43.9. The molecular weight excluding hydrogens is 445 g/mol. The molecule has 0 N–H and O–H groups in total. The van der Waals surface area contributed by atoms with Gasteiger partial charge in [0.1, 0.15) is 5.82 Å². The fourth-order valence-corrected chi connectivity index (χ4v) is 4.79. The Balaban J connectivity index is 1.66. The van der Waals surface area contributed by atoms with Crippen LogP contribution in [0.1, 0.15) is 49.6 Å². The van der Waals surface area contributed by atoms with Gasteiger partial charge in [-0.25, -0.2) is 27.4 Å². The van der Waals surface area contributed by atoms with Crippen LogP contribution in [0.2, 0.25) is 0 Å². The van der Waals surface area contributed by atoms with Crippen molar-refractivity contribution in [1.82, 2.24) is 19.1 Å². The Hall–Kier alpha value is -3.32. The van der Waals surface area contributed by atoms with E-state index in [2.05, 4.69) is 20.9 Å². The molecule has 2 unspecified atom stereocenters. The molecule has 180 valence electrons. The van der Waals surface area contributed by atoms with Crippen LogP contribution in [0.25, 0.3) is 5.65 Å². The fraction of sp³-hybridized carbons (Fsp3) is 0.458. The second kappa shape index (κ2) is 9.50. The first-order valence-corrected chi connectivity index (χ1v) is 11.3. The molecule has 1 saturated heterocycles. The Kier molecular flexibility index (Phi) is 6.66. The van der Waals surface area contributed by atoms with E-state index < -0.39 is 12.2 Å². The summed E-state index contributed by atoms with van der Waals surface area (Å²) in [5, 5.41) is 9.06. The standard InChI is InChI=1S/C24H27F3N6O/c1-4-18-14-31(15(2)19-6-5-16(25)11-20(19)23(26)27)9-10-32(18)21-12-22(34)30(3)33-13-17(7-8-28)29-24(21)33/h5-6,11-13,15,18,23H,4,7,9-10,14H2,1-3H3. The maximum absolute atomic E-state index is 13.6. The molecule has 0 spiro atoms. The fourth-order valence-electron chi connectivity index (χ4n) is 4.79. The van der Waals surface area contributed by atoms with Gasteiger partial charge in [-0.2, -0.15) is 5.26 Å². The number of anilines is 1. The Morgan fingerprint density at radius 1 is 1.24 bits per heavy atom. The van der Waals surface area contributed by atoms with Gasteiger partial charge in [-0.15, -0.1) is 0 Å². The van der Waals surface area contributed by atoms with E-state index >= 15 is 0 Å². The van der Waals surface area contributed by atoms with E-state index in [-0.39, 0.29) is 29.6 Å². The van der Waals surface area contributed by atoms with E-state index in [0.29, 0.717) is 42.2 Å². The lowest BCUT2D eigenvalue weighted by atomic mass is 9.98. The second-order valence-electron chi connectivity index (χ2n) is 8.63. The first kappa shape index (κ1) is 23.8. The van der Waals surface area contributed by atoms with E-state index in [9.17, 15) is 18.0 Å². The molecule has 0 radical (unpaired) electrons. The van der Waals surface area contributed by atoms with Gasteiger partial charge in [0.05, 0.1) is 30.1 Å². The minimum Gasteiger partial charge on any atom is -0.363 e. The van der Waals surface area contributed by atoms with Crippen LogP contribution >= 0.6 is 0 Å². The molecule has 34 heavy (non-hydrogen) atoms. The van der Waals surface area contributed by atoms with E-state index in [1.165, 1.54) is 16.8 Å². The normalized spacial score (nSPS) is 17.9. The van der Waals surface area contributed by atoms with Gasteiger partial charge in [0.25, 0.3) is 12.0 Å². The average molecular weight is 473 g/mol. The Bertz CT molecular complexity index is 1290. The van der Waals surface area contributed by atoms with Crippen molar-refractivity contribution in [3.8, 4) is 6.07 Å². The van der Waals surface area contributed by atoms with Gasteiger partial charge in [-0.05, 0) is 31.0 Å². The van der Waals surface area contributed by atoms with Crippen molar-refractivity contribution < 1.29 is 13.2 Å². The van der Waals surface area contributed by atoms with Gasteiger partial charge in [-0.1, -0.05) is 13.0 Å². The van der Waals surface area contributed by atoms with E-state index in [1.54, 1.807) is 23.8 Å². The SMILES string of the molecule is CCC1CN(C(C)c2ccc(F)cc2C(F)F)CCN1c1cc(=O)n(C)n2cc(CC#N)nc12. The van der Waals surface area contributed by atoms with Gasteiger partial charge in [-0.3, -0.25) is 9.69 Å². The van der Waals surface area contributed by atoms with Gasteiger partial charge in [0, 0.05) is 50.4 Å². The molecule has 10 heteroatoms. The lowest BCUT2D eigenvalue weighted by molar-refractivity contribution is 0.138. The predicted molar refractivity (Wildman–Crippen MR) is 123 cm³/mol. The number of piperazine rings is 1. The van der Waals surface area contributed by atoms with Crippen molar-refractivity contribution in [2.24, 2.45) is 7.05 Å². The van der Waals surface area contributed by atoms with E-state index in [4.69, 9.17) is 5.26 Å². The summed E-state index contributed by atoms with van der Waals surface area (Å²) in [6.07, 6.45) is -0.152. The summed E-state index contributed by atoms with van der Waals surface area (Å²) >= 11 is 0. The Morgan fingerprint density at radius 2 is 2.00 bits per heavy atom. The van der Waals surface area contributed by atoms with Crippen molar-refractivity contribution >= 4 is 11.3 Å². The summed E-state index contributed by atoms with van der Waals surface area (Å²) in [7, 11) is 1.65. The van der Waals surface area contributed by atoms with Crippen LogP contribution in [0.15, 0.2) is 35.3 Å². The highest BCUT2D eigenvalue weighted by atomic mass is 19.3. The highest BCUT2D eigenvalue weighted by Crippen LogP contribution is 2.34. The molecule has 2 aromatic heterocycles. The molecule has 0 amide bonds. The third kappa shape index (κ3) is 4.28. The highest BCUT2D eigenvalue weighted by molar-refractivity contribution is 5.69. The van der Waals surface area contributed by atoms with E-state index in [0.717, 1.165) is 12.5 Å². The highest BCUT2D eigenvalue weighted by Gasteiger charge is 2.32. The average Bonchev–Trinajstić information content (AvgIpc) is 3.25. The van der Waals surface area contributed by atoms with Crippen LogP contribution in [-0.4, -0.2) is 44.8 Å². The topological polar surface area (TPSA) is 69.6 Å². The summed E-state index contributed by atoms with van der Waals surface area (Å²) in [5.41, 5.74) is 1.83. The van der Waals surface area contributed by atoms with Crippen molar-refractivity contribution in [1.29, 1.82) is 5.26 Å². The van der Waals surface area contributed by atoms with E-state index in [1.807, 2.05) is 13.8 Å². The number of fused-ring (bicyclic) bond motifs is 1. The van der Waals surface area contributed by atoms with Crippen molar-refractivity contribution in [3.63, 3.8) is 0 Å². The van der Waals surface area contributed by atoms with Crippen LogP contribution in [0.3, 0.4) is 0 Å². The predicted octanol–water partition coefficient (Wildman–Crippen LogP) is 3.84. The molecule has 4 rings (SSSR count). The third-order valence-corrected chi connectivity index (χ3v) is 6.71. The molecule has 2 atom stereocenters. The molecule has 0 saturated carbocycles. The number of alkyl halides is 2. The number of halogens is 3. The maximum Gasteiger partial charge on any atom is 0.267 e. The van der Waals surface area contributed by atoms with Gasteiger partial charge in [0.15, 0.2) is 5.65 Å². The number of aryl methyl sites for hydroxylation is 1. The number of imidazole rings is 1. The zero-order valence-electron chi connectivity index (χ0n) is 19.4. The number of rotatable bonds is 6. The first-order chi connectivity index (χ1) is 16.2. The van der Waals surface area contributed by atoms with Crippen molar-refractivity contribution in [2.75, 3.05) is 24.5 Å². The van der Waals surface area contributed by atoms with Crippen molar-refractivity contribution in [3.05, 3.63) is 63.5 Å². The number of hydrogen-bond acceptors (Lipinski definition) is 5. The second-order valence-corrected chi connectivity index (χ2v) is 8.63. The van der Waals surface area contributed by atoms with Gasteiger partial charge in [0.2, 0.25) is 0 Å². The molecule has 3 heterocycles. The molecule has 1 aliphatic heterocycles. The molecule has 3 aromatic rings. The van der Waals surface area contributed by atoms with Gasteiger partial charge < -0.3 is 4.90 Å². The summed E-state index contributed by atoms with van der Waals surface area (Å²) in [5.74, 6) is -0.673. The number of nitriles is 1. The number of benzene rings is 1.